The first kappa shape index (κ1) is 24.9. The molecule has 30 heavy (non-hydrogen) atoms. The third-order valence-corrected chi connectivity index (χ3v) is 7.52. The van der Waals surface area contributed by atoms with Crippen LogP contribution in [0, 0.1) is 23.7 Å². The molecule has 3 aliphatic carbocycles. The molecular weight excluding hydrogens is 376 g/mol. The smallest absolute Gasteiger partial charge is 0.308 e. The highest BCUT2D eigenvalue weighted by molar-refractivity contribution is 5.82. The van der Waals surface area contributed by atoms with E-state index in [0.29, 0.717) is 0 Å². The summed E-state index contributed by atoms with van der Waals surface area (Å²) in [5.41, 5.74) is 2.69. The fourth-order valence-corrected chi connectivity index (χ4v) is 6.01. The number of fused-ring (bicyclic) bond motifs is 2. The Bertz CT molecular complexity index is 530. The van der Waals surface area contributed by atoms with E-state index in [0.717, 1.165) is 38.5 Å². The first-order valence-electron chi connectivity index (χ1n) is 12.7. The van der Waals surface area contributed by atoms with Crippen molar-refractivity contribution >= 4 is 11.9 Å². The molecule has 1 fully saturated rings. The largest absolute Gasteiger partial charge is 0.481 e. The number of hydrogen-bond acceptors (Lipinski definition) is 2. The maximum atomic E-state index is 12.0. The van der Waals surface area contributed by atoms with E-state index in [1.165, 1.54) is 75.4 Å². The molecule has 172 valence electrons. The SMILES string of the molecule is CCCCCCCCC1=C(CCCCCCCC)C2CCC1C(C(=O)O)C2C(=O)O. The summed E-state index contributed by atoms with van der Waals surface area (Å²) in [6.45, 7) is 4.45. The van der Waals surface area contributed by atoms with E-state index in [9.17, 15) is 19.8 Å². The predicted molar refractivity (Wildman–Crippen MR) is 121 cm³/mol. The molecule has 0 aromatic rings. The van der Waals surface area contributed by atoms with Crippen LogP contribution < -0.4 is 0 Å². The Morgan fingerprint density at radius 3 is 1.30 bits per heavy atom. The molecule has 2 bridgehead atoms. The first-order valence-corrected chi connectivity index (χ1v) is 12.7. The molecule has 3 rings (SSSR count). The number of rotatable bonds is 16. The minimum absolute atomic E-state index is 0.0562. The normalized spacial score (nSPS) is 25.7. The molecule has 4 atom stereocenters. The van der Waals surface area contributed by atoms with Crippen LogP contribution in [0.25, 0.3) is 0 Å². The topological polar surface area (TPSA) is 74.6 Å². The van der Waals surface area contributed by atoms with Gasteiger partial charge in [0.1, 0.15) is 0 Å². The Hall–Kier alpha value is -1.32. The lowest BCUT2D eigenvalue weighted by molar-refractivity contribution is -0.161. The van der Waals surface area contributed by atoms with Gasteiger partial charge in [-0.25, -0.2) is 0 Å². The van der Waals surface area contributed by atoms with E-state index in [2.05, 4.69) is 13.8 Å². The van der Waals surface area contributed by atoms with Crippen molar-refractivity contribution in [1.29, 1.82) is 0 Å². The quantitative estimate of drug-likeness (QED) is 0.204. The molecule has 0 saturated heterocycles. The second-order valence-corrected chi connectivity index (χ2v) is 9.60. The second kappa shape index (κ2) is 13.2. The van der Waals surface area contributed by atoms with Gasteiger partial charge in [0.2, 0.25) is 0 Å². The number of aliphatic carboxylic acids is 2. The zero-order valence-electron chi connectivity index (χ0n) is 19.3. The van der Waals surface area contributed by atoms with Crippen molar-refractivity contribution in [2.24, 2.45) is 23.7 Å². The molecule has 2 N–H and O–H groups in total. The number of allylic oxidation sites excluding steroid dienone is 2. The summed E-state index contributed by atoms with van der Waals surface area (Å²) in [6.07, 6.45) is 18.4. The summed E-state index contributed by atoms with van der Waals surface area (Å²) in [5.74, 6) is -3.39. The highest BCUT2D eigenvalue weighted by Crippen LogP contribution is 2.54. The van der Waals surface area contributed by atoms with Crippen LogP contribution in [0.3, 0.4) is 0 Å². The molecule has 0 spiro atoms. The van der Waals surface area contributed by atoms with Crippen LogP contribution in [0.15, 0.2) is 11.1 Å². The van der Waals surface area contributed by atoms with Gasteiger partial charge in [-0.1, -0.05) is 89.2 Å². The summed E-state index contributed by atoms with van der Waals surface area (Å²) < 4.78 is 0. The van der Waals surface area contributed by atoms with Crippen LogP contribution in [-0.2, 0) is 9.59 Å². The lowest BCUT2D eigenvalue weighted by atomic mass is 9.55. The monoisotopic (exact) mass is 420 g/mol. The molecule has 0 aromatic carbocycles. The van der Waals surface area contributed by atoms with E-state index in [1.54, 1.807) is 0 Å². The summed E-state index contributed by atoms with van der Waals surface area (Å²) >= 11 is 0. The van der Waals surface area contributed by atoms with Crippen molar-refractivity contribution in [3.63, 3.8) is 0 Å². The van der Waals surface area contributed by atoms with Crippen molar-refractivity contribution < 1.29 is 19.8 Å². The molecule has 3 aliphatic rings. The summed E-state index contributed by atoms with van der Waals surface area (Å²) in [6, 6.07) is 0. The average Bonchev–Trinajstić information content (AvgIpc) is 2.73. The Labute approximate surface area is 183 Å². The Kier molecular flexibility index (Phi) is 11.0. The second-order valence-electron chi connectivity index (χ2n) is 9.60. The highest BCUT2D eigenvalue weighted by atomic mass is 16.4. The van der Waals surface area contributed by atoms with Gasteiger partial charge >= 0.3 is 11.9 Å². The van der Waals surface area contributed by atoms with Crippen molar-refractivity contribution in [3.8, 4) is 0 Å². The van der Waals surface area contributed by atoms with Crippen LogP contribution in [0.5, 0.6) is 0 Å². The van der Waals surface area contributed by atoms with Crippen LogP contribution >= 0.6 is 0 Å². The van der Waals surface area contributed by atoms with Crippen molar-refractivity contribution in [3.05, 3.63) is 11.1 Å². The third-order valence-electron chi connectivity index (χ3n) is 7.52. The predicted octanol–water partition coefficient (Wildman–Crippen LogP) is 7.23. The summed E-state index contributed by atoms with van der Waals surface area (Å²) in [7, 11) is 0. The van der Waals surface area contributed by atoms with Gasteiger partial charge in [0, 0.05) is 0 Å². The molecule has 4 unspecified atom stereocenters. The lowest BCUT2D eigenvalue weighted by Crippen LogP contribution is -2.49. The minimum Gasteiger partial charge on any atom is -0.481 e. The molecule has 0 aliphatic heterocycles. The number of carboxylic acids is 2. The number of carbonyl (C=O) groups is 2. The number of unbranched alkanes of at least 4 members (excludes halogenated alkanes) is 10. The average molecular weight is 421 g/mol. The van der Waals surface area contributed by atoms with Gasteiger partial charge in [-0.05, 0) is 50.4 Å². The van der Waals surface area contributed by atoms with Gasteiger partial charge in [-0.3, -0.25) is 9.59 Å². The van der Waals surface area contributed by atoms with E-state index < -0.39 is 23.8 Å². The van der Waals surface area contributed by atoms with Gasteiger partial charge in [-0.2, -0.15) is 0 Å². The van der Waals surface area contributed by atoms with Gasteiger partial charge < -0.3 is 10.2 Å². The molecular formula is C26H44O4. The summed E-state index contributed by atoms with van der Waals surface area (Å²) in [4.78, 5) is 24.1. The zero-order valence-corrected chi connectivity index (χ0v) is 19.3. The highest BCUT2D eigenvalue weighted by Gasteiger charge is 2.53. The van der Waals surface area contributed by atoms with Gasteiger partial charge in [0.15, 0.2) is 0 Å². The standard InChI is InChI=1S/C26H44O4/c1-3-5-7-9-11-13-15-19-20(16-14-12-10-8-6-4-2)22-18-17-21(19)23(25(27)28)24(22)26(29)30/h21-24H,3-18H2,1-2H3,(H,27,28)(H,29,30). The van der Waals surface area contributed by atoms with Crippen LogP contribution in [0.1, 0.15) is 117 Å². The molecule has 4 nitrogen and oxygen atoms in total. The van der Waals surface area contributed by atoms with E-state index in [-0.39, 0.29) is 11.8 Å². The maximum absolute atomic E-state index is 12.0. The van der Waals surface area contributed by atoms with Crippen molar-refractivity contribution in [2.45, 2.75) is 117 Å². The van der Waals surface area contributed by atoms with Crippen LogP contribution in [0.2, 0.25) is 0 Å². The Morgan fingerprint density at radius 1 is 0.633 bits per heavy atom. The van der Waals surface area contributed by atoms with Crippen LogP contribution in [0.4, 0.5) is 0 Å². The first-order chi connectivity index (χ1) is 14.5. The number of carboxylic acid groups (broad SMARTS) is 2. The fraction of sp³-hybridized carbons (Fsp3) is 0.846. The summed E-state index contributed by atoms with van der Waals surface area (Å²) in [5, 5.41) is 19.7. The number of hydrogen-bond donors (Lipinski definition) is 2. The third kappa shape index (κ3) is 6.59. The Morgan fingerprint density at radius 2 is 0.967 bits per heavy atom. The lowest BCUT2D eigenvalue weighted by Gasteiger charge is -2.48. The van der Waals surface area contributed by atoms with Gasteiger partial charge in [0.25, 0.3) is 0 Å². The van der Waals surface area contributed by atoms with Gasteiger partial charge in [0.05, 0.1) is 11.8 Å². The Balaban J connectivity index is 2.09. The molecule has 1 saturated carbocycles. The van der Waals surface area contributed by atoms with Crippen molar-refractivity contribution in [2.75, 3.05) is 0 Å². The fourth-order valence-electron chi connectivity index (χ4n) is 6.01. The molecule has 0 heterocycles. The van der Waals surface area contributed by atoms with E-state index >= 15 is 0 Å². The van der Waals surface area contributed by atoms with Crippen molar-refractivity contribution in [1.82, 2.24) is 0 Å². The van der Waals surface area contributed by atoms with Crippen LogP contribution in [-0.4, -0.2) is 22.2 Å². The molecule has 0 aromatic heterocycles. The van der Waals surface area contributed by atoms with E-state index in [4.69, 9.17) is 0 Å². The van der Waals surface area contributed by atoms with E-state index in [1.807, 2.05) is 0 Å². The molecule has 0 amide bonds. The molecule has 4 heteroatoms. The van der Waals surface area contributed by atoms with Gasteiger partial charge in [-0.15, -0.1) is 0 Å². The minimum atomic E-state index is -0.906. The maximum Gasteiger partial charge on any atom is 0.308 e. The molecule has 0 radical (unpaired) electrons. The zero-order chi connectivity index (χ0) is 21.9.